The summed E-state index contributed by atoms with van der Waals surface area (Å²) in [6.45, 7) is 5.04. The number of nitrogen functional groups attached to an aromatic ring is 1. The molecular weight excluding hydrogens is 162 g/mol. The van der Waals surface area contributed by atoms with Crippen molar-refractivity contribution in [2.75, 3.05) is 5.73 Å². The van der Waals surface area contributed by atoms with Crippen molar-refractivity contribution in [2.24, 2.45) is 0 Å². The van der Waals surface area contributed by atoms with Gasteiger partial charge in [-0.3, -0.25) is 4.68 Å². The van der Waals surface area contributed by atoms with E-state index in [0.29, 0.717) is 5.82 Å². The summed E-state index contributed by atoms with van der Waals surface area (Å²) in [5, 5.41) is 4.09. The van der Waals surface area contributed by atoms with Gasteiger partial charge in [-0.15, -0.1) is 12.4 Å². The number of anilines is 1. The molecule has 2 N–H and O–H groups in total. The molecule has 0 fully saturated rings. The van der Waals surface area contributed by atoms with Gasteiger partial charge in [0.1, 0.15) is 5.82 Å². The van der Waals surface area contributed by atoms with E-state index >= 15 is 0 Å². The summed E-state index contributed by atoms with van der Waals surface area (Å²) in [4.78, 5) is 0. The first-order valence-electron chi connectivity index (χ1n) is 3.53. The molecule has 0 bridgehead atoms. The molecule has 0 atom stereocenters. The number of aromatic nitrogens is 2. The zero-order chi connectivity index (χ0) is 7.56. The van der Waals surface area contributed by atoms with Crippen LogP contribution in [0.4, 0.5) is 5.82 Å². The Balaban J connectivity index is 0.000001000. The Morgan fingerprint density at radius 3 is 2.64 bits per heavy atom. The molecule has 0 unspecified atom stereocenters. The van der Waals surface area contributed by atoms with Gasteiger partial charge in [0.05, 0.1) is 0 Å². The highest BCUT2D eigenvalue weighted by molar-refractivity contribution is 5.85. The van der Waals surface area contributed by atoms with Crippen molar-refractivity contribution in [3.05, 3.63) is 11.8 Å². The maximum atomic E-state index is 5.54. The smallest absolute Gasteiger partial charge is 0.148 e. The van der Waals surface area contributed by atoms with E-state index < -0.39 is 0 Å². The minimum Gasteiger partial charge on any atom is -0.382 e. The number of nitrogens with two attached hydrogens (primary N) is 1. The first-order valence-corrected chi connectivity index (χ1v) is 3.53. The Morgan fingerprint density at radius 2 is 2.27 bits per heavy atom. The lowest BCUT2D eigenvalue weighted by atomic mass is 10.4. The molecule has 0 saturated heterocycles. The van der Waals surface area contributed by atoms with Crippen molar-refractivity contribution in [3.63, 3.8) is 0 Å². The normalized spacial score (nSPS) is 9.27. The van der Waals surface area contributed by atoms with E-state index in [1.165, 1.54) is 0 Å². The second-order valence-electron chi connectivity index (χ2n) is 2.46. The first-order chi connectivity index (χ1) is 4.74. The van der Waals surface area contributed by atoms with Crippen LogP contribution >= 0.6 is 12.4 Å². The molecule has 0 aliphatic heterocycles. The van der Waals surface area contributed by atoms with Gasteiger partial charge in [0.2, 0.25) is 0 Å². The van der Waals surface area contributed by atoms with Gasteiger partial charge in [-0.25, -0.2) is 0 Å². The number of nitrogens with zero attached hydrogens (tertiary/aromatic N) is 2. The average Bonchev–Trinajstić information content (AvgIpc) is 2.14. The molecule has 3 nitrogen and oxygen atoms in total. The molecule has 64 valence electrons. The third-order valence-electron chi connectivity index (χ3n) is 1.44. The van der Waals surface area contributed by atoms with Crippen molar-refractivity contribution in [2.45, 2.75) is 26.8 Å². The van der Waals surface area contributed by atoms with Gasteiger partial charge >= 0.3 is 0 Å². The Hall–Kier alpha value is -0.700. The molecule has 11 heavy (non-hydrogen) atoms. The SMILES string of the molecule is CCCn1cc(C)c(N)n1.Cl. The highest BCUT2D eigenvalue weighted by Gasteiger charge is 1.97. The van der Waals surface area contributed by atoms with Gasteiger partial charge in [0, 0.05) is 18.3 Å². The summed E-state index contributed by atoms with van der Waals surface area (Å²) < 4.78 is 1.88. The van der Waals surface area contributed by atoms with E-state index in [2.05, 4.69) is 12.0 Å². The van der Waals surface area contributed by atoms with Crippen LogP contribution in [-0.4, -0.2) is 9.78 Å². The molecule has 0 spiro atoms. The predicted molar refractivity (Wildman–Crippen MR) is 48.9 cm³/mol. The van der Waals surface area contributed by atoms with Gasteiger partial charge < -0.3 is 5.73 Å². The summed E-state index contributed by atoms with van der Waals surface area (Å²) in [5.41, 5.74) is 6.60. The van der Waals surface area contributed by atoms with E-state index in [-0.39, 0.29) is 12.4 Å². The fourth-order valence-corrected chi connectivity index (χ4v) is 0.879. The molecular formula is C7H14ClN3. The van der Waals surface area contributed by atoms with Crippen LogP contribution in [0, 0.1) is 6.92 Å². The minimum absolute atomic E-state index is 0. The molecule has 0 aliphatic rings. The minimum atomic E-state index is 0. The Labute approximate surface area is 73.0 Å². The molecule has 4 heteroatoms. The van der Waals surface area contributed by atoms with Crippen molar-refractivity contribution in [1.82, 2.24) is 9.78 Å². The van der Waals surface area contributed by atoms with Gasteiger partial charge in [-0.2, -0.15) is 5.10 Å². The van der Waals surface area contributed by atoms with Crippen LogP contribution in [0.3, 0.4) is 0 Å². The number of aryl methyl sites for hydroxylation is 2. The standard InChI is InChI=1S/C7H13N3.ClH/c1-3-4-10-5-6(2)7(8)9-10;/h5H,3-4H2,1-2H3,(H2,8,9);1H. The fraction of sp³-hybridized carbons (Fsp3) is 0.571. The molecule has 0 aliphatic carbocycles. The lowest BCUT2D eigenvalue weighted by Crippen LogP contribution is -1.97. The number of rotatable bonds is 2. The van der Waals surface area contributed by atoms with E-state index in [0.717, 1.165) is 18.5 Å². The largest absolute Gasteiger partial charge is 0.382 e. The van der Waals surface area contributed by atoms with Crippen molar-refractivity contribution < 1.29 is 0 Å². The zero-order valence-electron chi connectivity index (χ0n) is 6.87. The third-order valence-corrected chi connectivity index (χ3v) is 1.44. The van der Waals surface area contributed by atoms with Crippen molar-refractivity contribution in [1.29, 1.82) is 0 Å². The van der Waals surface area contributed by atoms with Gasteiger partial charge in [0.25, 0.3) is 0 Å². The lowest BCUT2D eigenvalue weighted by Gasteiger charge is -1.93. The summed E-state index contributed by atoms with van der Waals surface area (Å²) >= 11 is 0. The van der Waals surface area contributed by atoms with Crippen LogP contribution in [0.25, 0.3) is 0 Å². The summed E-state index contributed by atoms with van der Waals surface area (Å²) in [6, 6.07) is 0. The summed E-state index contributed by atoms with van der Waals surface area (Å²) in [5.74, 6) is 0.647. The van der Waals surface area contributed by atoms with Crippen molar-refractivity contribution in [3.8, 4) is 0 Å². The molecule has 0 amide bonds. The molecule has 0 saturated carbocycles. The highest BCUT2D eigenvalue weighted by Crippen LogP contribution is 2.05. The zero-order valence-corrected chi connectivity index (χ0v) is 7.69. The number of halogens is 1. The molecule has 1 rings (SSSR count). The predicted octanol–water partition coefficient (Wildman–Crippen LogP) is 1.61. The molecule has 1 aromatic rings. The Bertz CT molecular complexity index is 200. The van der Waals surface area contributed by atoms with Crippen LogP contribution < -0.4 is 5.73 Å². The van der Waals surface area contributed by atoms with E-state index in [4.69, 9.17) is 5.73 Å². The second-order valence-corrected chi connectivity index (χ2v) is 2.46. The second kappa shape index (κ2) is 4.23. The van der Waals surface area contributed by atoms with Crippen molar-refractivity contribution >= 4 is 18.2 Å². The Morgan fingerprint density at radius 1 is 1.64 bits per heavy atom. The van der Waals surface area contributed by atoms with Crippen LogP contribution in [0.1, 0.15) is 18.9 Å². The van der Waals surface area contributed by atoms with E-state index in [1.54, 1.807) is 0 Å². The molecule has 0 radical (unpaired) electrons. The highest BCUT2D eigenvalue weighted by atomic mass is 35.5. The maximum absolute atomic E-state index is 5.54. The fourth-order valence-electron chi connectivity index (χ4n) is 0.879. The Kier molecular flexibility index (Phi) is 3.97. The molecule has 1 heterocycles. The number of hydrogen-bond acceptors (Lipinski definition) is 2. The molecule has 1 aromatic heterocycles. The van der Waals surface area contributed by atoms with E-state index in [9.17, 15) is 0 Å². The van der Waals surface area contributed by atoms with Crippen LogP contribution in [0.5, 0.6) is 0 Å². The van der Waals surface area contributed by atoms with Crippen LogP contribution in [-0.2, 0) is 6.54 Å². The van der Waals surface area contributed by atoms with Gasteiger partial charge in [0.15, 0.2) is 0 Å². The van der Waals surface area contributed by atoms with Crippen LogP contribution in [0.2, 0.25) is 0 Å². The van der Waals surface area contributed by atoms with E-state index in [1.807, 2.05) is 17.8 Å². The topological polar surface area (TPSA) is 43.8 Å². The third kappa shape index (κ3) is 2.42. The first kappa shape index (κ1) is 10.3. The summed E-state index contributed by atoms with van der Waals surface area (Å²) in [7, 11) is 0. The summed E-state index contributed by atoms with van der Waals surface area (Å²) in [6.07, 6.45) is 3.07. The maximum Gasteiger partial charge on any atom is 0.148 e. The quantitative estimate of drug-likeness (QED) is 0.742. The van der Waals surface area contributed by atoms with Gasteiger partial charge in [-0.05, 0) is 13.3 Å². The van der Waals surface area contributed by atoms with Crippen LogP contribution in [0.15, 0.2) is 6.20 Å². The lowest BCUT2D eigenvalue weighted by molar-refractivity contribution is 0.605. The number of hydrogen-bond donors (Lipinski definition) is 1. The average molecular weight is 176 g/mol. The monoisotopic (exact) mass is 175 g/mol. The molecule has 0 aromatic carbocycles. The van der Waals surface area contributed by atoms with Gasteiger partial charge in [-0.1, -0.05) is 6.92 Å².